The summed E-state index contributed by atoms with van der Waals surface area (Å²) in [5, 5.41) is 0. The Hall–Kier alpha value is -0.560. The number of hydrogen-bond donors (Lipinski definition) is 0. The Labute approximate surface area is 121 Å². The summed E-state index contributed by atoms with van der Waals surface area (Å²) in [7, 11) is 2.22. The van der Waals surface area contributed by atoms with E-state index in [4.69, 9.17) is 0 Å². The molecule has 1 atom stereocenters. The predicted octanol–water partition coefficient (Wildman–Crippen LogP) is 5.58. The number of nitrogens with zero attached hydrogens (tertiary/aromatic N) is 1. The van der Waals surface area contributed by atoms with Gasteiger partial charge in [0.2, 0.25) is 0 Å². The highest BCUT2D eigenvalue weighted by atomic mass is 15.1. The molecule has 0 aromatic heterocycles. The van der Waals surface area contributed by atoms with Crippen molar-refractivity contribution in [2.24, 2.45) is 0 Å². The first-order valence-electron chi connectivity index (χ1n) is 7.98. The summed E-state index contributed by atoms with van der Waals surface area (Å²) >= 11 is 0. The fourth-order valence-corrected chi connectivity index (χ4v) is 2.26. The SMILES string of the molecule is C=C(CCCCCC)C(CN(C)C(C)CC)=C(C)C. The molecule has 0 aromatic carbocycles. The van der Waals surface area contributed by atoms with Crippen LogP contribution in [-0.4, -0.2) is 24.5 Å². The van der Waals surface area contributed by atoms with Gasteiger partial charge in [-0.1, -0.05) is 50.8 Å². The smallest absolute Gasteiger partial charge is 0.0235 e. The lowest BCUT2D eigenvalue weighted by Gasteiger charge is -2.26. The van der Waals surface area contributed by atoms with Gasteiger partial charge in [0.15, 0.2) is 0 Å². The Kier molecular flexibility index (Phi) is 9.95. The fraction of sp³-hybridized carbons (Fsp3) is 0.778. The van der Waals surface area contributed by atoms with Gasteiger partial charge in [-0.3, -0.25) is 4.90 Å². The van der Waals surface area contributed by atoms with Crippen LogP contribution in [0, 0.1) is 0 Å². The van der Waals surface area contributed by atoms with Crippen LogP contribution in [0.15, 0.2) is 23.3 Å². The minimum atomic E-state index is 0.641. The molecular weight excluding hydrogens is 230 g/mol. The maximum absolute atomic E-state index is 4.33. The Balaban J connectivity index is 4.42. The summed E-state index contributed by atoms with van der Waals surface area (Å²) in [4.78, 5) is 2.44. The molecule has 1 nitrogen and oxygen atoms in total. The van der Waals surface area contributed by atoms with E-state index < -0.39 is 0 Å². The third kappa shape index (κ3) is 7.57. The van der Waals surface area contributed by atoms with Crippen molar-refractivity contribution in [3.8, 4) is 0 Å². The van der Waals surface area contributed by atoms with E-state index in [1.807, 2.05) is 0 Å². The Morgan fingerprint density at radius 1 is 1.11 bits per heavy atom. The predicted molar refractivity (Wildman–Crippen MR) is 88.7 cm³/mol. The van der Waals surface area contributed by atoms with Crippen molar-refractivity contribution in [1.82, 2.24) is 4.90 Å². The number of allylic oxidation sites excluding steroid dienone is 1. The van der Waals surface area contributed by atoms with Crippen LogP contribution in [-0.2, 0) is 0 Å². The van der Waals surface area contributed by atoms with Gasteiger partial charge in [-0.2, -0.15) is 0 Å². The molecule has 0 radical (unpaired) electrons. The zero-order valence-corrected chi connectivity index (χ0v) is 14.2. The standard InChI is InChI=1S/C18H35N/c1-8-10-11-12-13-16(5)18(15(3)4)14-19(7)17(6)9-2/h17H,5,8-14H2,1-4,6-7H3. The lowest BCUT2D eigenvalue weighted by molar-refractivity contribution is 0.272. The van der Waals surface area contributed by atoms with Gasteiger partial charge >= 0.3 is 0 Å². The summed E-state index contributed by atoms with van der Waals surface area (Å²) in [5.74, 6) is 0. The molecule has 0 spiro atoms. The maximum atomic E-state index is 4.33. The highest BCUT2D eigenvalue weighted by Gasteiger charge is 2.12. The van der Waals surface area contributed by atoms with Crippen molar-refractivity contribution < 1.29 is 0 Å². The molecule has 112 valence electrons. The van der Waals surface area contributed by atoms with Gasteiger partial charge < -0.3 is 0 Å². The monoisotopic (exact) mass is 265 g/mol. The number of likely N-dealkylation sites (N-methyl/N-ethyl adjacent to an activating group) is 1. The van der Waals surface area contributed by atoms with E-state index in [1.54, 1.807) is 0 Å². The van der Waals surface area contributed by atoms with E-state index in [0.717, 1.165) is 13.0 Å². The molecule has 0 fully saturated rings. The van der Waals surface area contributed by atoms with Crippen molar-refractivity contribution >= 4 is 0 Å². The van der Waals surface area contributed by atoms with Crippen LogP contribution in [0.2, 0.25) is 0 Å². The fourth-order valence-electron chi connectivity index (χ4n) is 2.26. The second kappa shape index (κ2) is 10.3. The lowest BCUT2D eigenvalue weighted by Crippen LogP contribution is -2.30. The first-order valence-corrected chi connectivity index (χ1v) is 7.98. The van der Waals surface area contributed by atoms with Crippen LogP contribution in [0.25, 0.3) is 0 Å². The van der Waals surface area contributed by atoms with Gasteiger partial charge in [-0.25, -0.2) is 0 Å². The first-order chi connectivity index (χ1) is 8.93. The molecule has 0 heterocycles. The van der Waals surface area contributed by atoms with Crippen molar-refractivity contribution in [3.63, 3.8) is 0 Å². The number of rotatable bonds is 10. The van der Waals surface area contributed by atoms with Gasteiger partial charge in [-0.15, -0.1) is 0 Å². The summed E-state index contributed by atoms with van der Waals surface area (Å²) < 4.78 is 0. The molecule has 1 heteroatoms. The van der Waals surface area contributed by atoms with Gasteiger partial charge in [0.1, 0.15) is 0 Å². The van der Waals surface area contributed by atoms with Crippen molar-refractivity contribution in [2.45, 2.75) is 79.2 Å². The normalized spacial score (nSPS) is 12.6. The van der Waals surface area contributed by atoms with Crippen LogP contribution < -0.4 is 0 Å². The summed E-state index contributed by atoms with van der Waals surface area (Å²) in [6.07, 6.45) is 7.65. The summed E-state index contributed by atoms with van der Waals surface area (Å²) in [5.41, 5.74) is 4.25. The maximum Gasteiger partial charge on any atom is 0.0235 e. The molecule has 0 aromatic rings. The molecule has 0 aliphatic carbocycles. The quantitative estimate of drug-likeness (QED) is 0.368. The van der Waals surface area contributed by atoms with Crippen molar-refractivity contribution in [2.75, 3.05) is 13.6 Å². The van der Waals surface area contributed by atoms with Crippen LogP contribution in [0.5, 0.6) is 0 Å². The van der Waals surface area contributed by atoms with Crippen molar-refractivity contribution in [3.05, 3.63) is 23.3 Å². The summed E-state index contributed by atoms with van der Waals surface area (Å²) in [6.45, 7) is 16.6. The van der Waals surface area contributed by atoms with Gasteiger partial charge in [-0.05, 0) is 52.7 Å². The van der Waals surface area contributed by atoms with Crippen molar-refractivity contribution in [1.29, 1.82) is 0 Å². The molecule has 0 saturated heterocycles. The average Bonchev–Trinajstić information content (AvgIpc) is 2.38. The largest absolute Gasteiger partial charge is 0.299 e. The third-order valence-corrected chi connectivity index (χ3v) is 4.11. The molecule has 0 saturated carbocycles. The van der Waals surface area contributed by atoms with E-state index in [0.29, 0.717) is 6.04 Å². The van der Waals surface area contributed by atoms with E-state index in [9.17, 15) is 0 Å². The van der Waals surface area contributed by atoms with Crippen LogP contribution in [0.4, 0.5) is 0 Å². The zero-order valence-electron chi connectivity index (χ0n) is 14.2. The van der Waals surface area contributed by atoms with Crippen LogP contribution in [0.3, 0.4) is 0 Å². The Bertz CT molecular complexity index is 284. The third-order valence-electron chi connectivity index (χ3n) is 4.11. The Morgan fingerprint density at radius 2 is 1.74 bits per heavy atom. The molecule has 0 rings (SSSR count). The lowest BCUT2D eigenvalue weighted by atomic mass is 9.96. The topological polar surface area (TPSA) is 3.24 Å². The highest BCUT2D eigenvalue weighted by Crippen LogP contribution is 2.21. The highest BCUT2D eigenvalue weighted by molar-refractivity contribution is 5.33. The first kappa shape index (κ1) is 18.4. The van der Waals surface area contributed by atoms with Crippen LogP contribution >= 0.6 is 0 Å². The van der Waals surface area contributed by atoms with Crippen LogP contribution in [0.1, 0.15) is 73.1 Å². The minimum absolute atomic E-state index is 0.641. The van der Waals surface area contributed by atoms with E-state index in [2.05, 4.69) is 53.1 Å². The Morgan fingerprint density at radius 3 is 2.21 bits per heavy atom. The molecule has 0 N–H and O–H groups in total. The van der Waals surface area contributed by atoms with Gasteiger partial charge in [0.05, 0.1) is 0 Å². The molecule has 0 amide bonds. The number of hydrogen-bond acceptors (Lipinski definition) is 1. The second-order valence-electron chi connectivity index (χ2n) is 6.07. The molecule has 0 aliphatic heterocycles. The van der Waals surface area contributed by atoms with E-state index in [-0.39, 0.29) is 0 Å². The number of unbranched alkanes of at least 4 members (excludes halogenated alkanes) is 3. The second-order valence-corrected chi connectivity index (χ2v) is 6.07. The minimum Gasteiger partial charge on any atom is -0.299 e. The molecular formula is C18H35N. The van der Waals surface area contributed by atoms with E-state index >= 15 is 0 Å². The molecule has 19 heavy (non-hydrogen) atoms. The van der Waals surface area contributed by atoms with Gasteiger partial charge in [0.25, 0.3) is 0 Å². The zero-order chi connectivity index (χ0) is 14.8. The molecule has 0 aliphatic rings. The molecule has 0 bridgehead atoms. The van der Waals surface area contributed by atoms with E-state index in [1.165, 1.54) is 48.8 Å². The average molecular weight is 265 g/mol. The van der Waals surface area contributed by atoms with Gasteiger partial charge in [0, 0.05) is 12.6 Å². The summed E-state index contributed by atoms with van der Waals surface area (Å²) in [6, 6.07) is 0.641. The molecule has 1 unspecified atom stereocenters.